The highest BCUT2D eigenvalue weighted by Gasteiger charge is 2.53. The maximum absolute atomic E-state index is 9.99. The van der Waals surface area contributed by atoms with E-state index in [0.717, 1.165) is 86.0 Å². The van der Waals surface area contributed by atoms with Gasteiger partial charge in [-0.25, -0.2) is 0 Å². The Hall–Kier alpha value is -0.860. The quantitative estimate of drug-likeness (QED) is 0.335. The van der Waals surface area contributed by atoms with Gasteiger partial charge in [-0.2, -0.15) is 0 Å². The standard InChI is InChI=1S/C27H44NO5.BrH/c1-27(2)23-6-5-20(24(27)17-23)7-11-32-12-8-28(9-13-33-14-10-28)18-21-15-25(30-3)26(31-4)16-22(21)19-29;/h15-16,20,23-24,29H,5-14,17-19H2,1-4H3;1H/q+1;/p-1. The zero-order valence-electron chi connectivity index (χ0n) is 21.5. The predicted molar refractivity (Wildman–Crippen MR) is 128 cm³/mol. The summed E-state index contributed by atoms with van der Waals surface area (Å²) in [6, 6.07) is 3.93. The topological polar surface area (TPSA) is 57.2 Å². The summed E-state index contributed by atoms with van der Waals surface area (Å²) < 4.78 is 23.8. The smallest absolute Gasteiger partial charge is 0.161 e. The maximum atomic E-state index is 9.99. The van der Waals surface area contributed by atoms with Gasteiger partial charge in [0.05, 0.1) is 40.6 Å². The Bertz CT molecular complexity index is 793. The van der Waals surface area contributed by atoms with Gasteiger partial charge in [0.1, 0.15) is 26.2 Å². The molecule has 0 amide bonds. The van der Waals surface area contributed by atoms with Crippen LogP contribution in [0.4, 0.5) is 0 Å². The number of nitrogens with zero attached hydrogens (tertiary/aromatic N) is 1. The van der Waals surface area contributed by atoms with Crippen molar-refractivity contribution in [3.05, 3.63) is 23.3 Å². The zero-order chi connectivity index (χ0) is 23.5. The molecular formula is C27H44BrNO5. The summed E-state index contributed by atoms with van der Waals surface area (Å²) in [5, 5.41) is 9.99. The van der Waals surface area contributed by atoms with E-state index in [2.05, 4.69) is 13.8 Å². The SMILES string of the molecule is COc1cc(CO)c(C[N+]2(CCOCCC3CCC4CC3C4(C)C)CCOCC2)cc1OC.[Br-]. The molecule has 5 rings (SSSR count). The van der Waals surface area contributed by atoms with E-state index in [-0.39, 0.29) is 23.6 Å². The molecule has 0 spiro atoms. The lowest BCUT2D eigenvalue weighted by atomic mass is 9.45. The molecular weight excluding hydrogens is 498 g/mol. The number of hydrogen-bond donors (Lipinski definition) is 1. The van der Waals surface area contributed by atoms with Gasteiger partial charge < -0.3 is 45.5 Å². The first-order valence-electron chi connectivity index (χ1n) is 12.8. The number of aliphatic hydroxyl groups is 1. The Balaban J connectivity index is 0.00000324. The van der Waals surface area contributed by atoms with Crippen molar-refractivity contribution in [3.8, 4) is 11.5 Å². The minimum atomic E-state index is -0.0115. The van der Waals surface area contributed by atoms with Crippen molar-refractivity contribution in [2.24, 2.45) is 23.2 Å². The number of hydrogen-bond acceptors (Lipinski definition) is 5. The monoisotopic (exact) mass is 541 g/mol. The van der Waals surface area contributed by atoms with Crippen molar-refractivity contribution in [3.63, 3.8) is 0 Å². The molecule has 1 aromatic rings. The second-order valence-electron chi connectivity index (χ2n) is 11.0. The van der Waals surface area contributed by atoms with Crippen LogP contribution in [-0.2, 0) is 22.6 Å². The molecule has 6 nitrogen and oxygen atoms in total. The highest BCUT2D eigenvalue weighted by atomic mass is 79.9. The molecule has 0 aromatic heterocycles. The Morgan fingerprint density at radius 3 is 2.29 bits per heavy atom. The maximum Gasteiger partial charge on any atom is 0.161 e. The minimum Gasteiger partial charge on any atom is -1.00 e. The van der Waals surface area contributed by atoms with Crippen molar-refractivity contribution in [2.45, 2.75) is 52.7 Å². The number of ether oxygens (including phenoxy) is 4. The first-order valence-corrected chi connectivity index (χ1v) is 12.8. The molecule has 3 atom stereocenters. The minimum absolute atomic E-state index is 0. The van der Waals surface area contributed by atoms with E-state index < -0.39 is 0 Å². The van der Waals surface area contributed by atoms with Crippen LogP contribution in [0, 0.1) is 23.2 Å². The Labute approximate surface area is 216 Å². The molecule has 3 aliphatic carbocycles. The first kappa shape index (κ1) is 27.7. The van der Waals surface area contributed by atoms with E-state index in [0.29, 0.717) is 16.9 Å². The summed E-state index contributed by atoms with van der Waals surface area (Å²) in [4.78, 5) is 0. The lowest BCUT2D eigenvalue weighted by molar-refractivity contribution is -0.947. The summed E-state index contributed by atoms with van der Waals surface area (Å²) in [7, 11) is 3.29. The number of morpholine rings is 1. The molecule has 1 heterocycles. The van der Waals surface area contributed by atoms with Crippen molar-refractivity contribution >= 4 is 0 Å². The Morgan fingerprint density at radius 2 is 1.71 bits per heavy atom. The van der Waals surface area contributed by atoms with Crippen LogP contribution in [-0.4, -0.2) is 69.9 Å². The lowest BCUT2D eigenvalue weighted by Crippen LogP contribution is -3.00. The normalized spacial score (nSPS) is 26.8. The molecule has 1 N–H and O–H groups in total. The van der Waals surface area contributed by atoms with Crippen molar-refractivity contribution in [1.82, 2.24) is 0 Å². The van der Waals surface area contributed by atoms with Crippen LogP contribution in [0.5, 0.6) is 11.5 Å². The van der Waals surface area contributed by atoms with Crippen LogP contribution < -0.4 is 26.5 Å². The van der Waals surface area contributed by atoms with Crippen LogP contribution in [0.3, 0.4) is 0 Å². The van der Waals surface area contributed by atoms with E-state index in [1.165, 1.54) is 25.7 Å². The number of fused-ring (bicyclic) bond motifs is 2. The zero-order valence-corrected chi connectivity index (χ0v) is 23.1. The fraction of sp³-hybridized carbons (Fsp3) is 0.778. The van der Waals surface area contributed by atoms with Gasteiger partial charge in [-0.05, 0) is 66.5 Å². The number of benzene rings is 1. The van der Waals surface area contributed by atoms with Crippen LogP contribution in [0.1, 0.15) is 50.7 Å². The summed E-state index contributed by atoms with van der Waals surface area (Å²) in [6.45, 7) is 11.8. The molecule has 1 saturated heterocycles. The van der Waals surface area contributed by atoms with Crippen molar-refractivity contribution in [1.29, 1.82) is 0 Å². The third-order valence-electron chi connectivity index (χ3n) is 9.15. The van der Waals surface area contributed by atoms with Gasteiger partial charge in [0, 0.05) is 12.2 Å². The van der Waals surface area contributed by atoms with E-state index in [1.54, 1.807) is 14.2 Å². The Kier molecular flexibility index (Phi) is 9.72. The van der Waals surface area contributed by atoms with E-state index >= 15 is 0 Å². The molecule has 3 unspecified atom stereocenters. The number of quaternary nitrogens is 1. The van der Waals surface area contributed by atoms with Gasteiger partial charge in [-0.3, -0.25) is 0 Å². The molecule has 4 fully saturated rings. The van der Waals surface area contributed by atoms with Gasteiger partial charge in [-0.15, -0.1) is 0 Å². The van der Waals surface area contributed by atoms with Crippen LogP contribution >= 0.6 is 0 Å². The van der Waals surface area contributed by atoms with Gasteiger partial charge >= 0.3 is 0 Å². The predicted octanol–water partition coefficient (Wildman–Crippen LogP) is 1.03. The number of rotatable bonds is 11. The first-order chi connectivity index (χ1) is 15.9. The van der Waals surface area contributed by atoms with Gasteiger partial charge in [0.25, 0.3) is 0 Å². The van der Waals surface area contributed by atoms with Crippen LogP contribution in [0.2, 0.25) is 0 Å². The van der Waals surface area contributed by atoms with Crippen molar-refractivity contribution in [2.75, 3.05) is 60.3 Å². The van der Waals surface area contributed by atoms with E-state index in [9.17, 15) is 5.11 Å². The van der Waals surface area contributed by atoms with Crippen LogP contribution in [0.25, 0.3) is 0 Å². The molecule has 7 heteroatoms. The molecule has 4 aliphatic rings. The molecule has 34 heavy (non-hydrogen) atoms. The Morgan fingerprint density at radius 1 is 1.03 bits per heavy atom. The highest BCUT2D eigenvalue weighted by Crippen LogP contribution is 2.61. The molecule has 1 aliphatic heterocycles. The second-order valence-corrected chi connectivity index (χ2v) is 11.0. The van der Waals surface area contributed by atoms with E-state index in [4.69, 9.17) is 18.9 Å². The summed E-state index contributed by atoms with van der Waals surface area (Å²) >= 11 is 0. The van der Waals surface area contributed by atoms with Gasteiger partial charge in [0.2, 0.25) is 0 Å². The lowest BCUT2D eigenvalue weighted by Gasteiger charge is -2.60. The largest absolute Gasteiger partial charge is 1.00 e. The molecule has 194 valence electrons. The summed E-state index contributed by atoms with van der Waals surface area (Å²) in [5.74, 6) is 4.08. The van der Waals surface area contributed by atoms with Crippen molar-refractivity contribution < 1.29 is 45.5 Å². The molecule has 0 radical (unpaired) electrons. The number of halogens is 1. The fourth-order valence-corrected chi connectivity index (χ4v) is 6.71. The average Bonchev–Trinajstić information content (AvgIpc) is 2.84. The fourth-order valence-electron chi connectivity index (χ4n) is 6.71. The molecule has 3 saturated carbocycles. The number of methoxy groups -OCH3 is 2. The third kappa shape index (κ3) is 5.75. The second kappa shape index (κ2) is 11.9. The molecule has 1 aromatic carbocycles. The molecule has 2 bridgehead atoms. The summed E-state index contributed by atoms with van der Waals surface area (Å²) in [5.41, 5.74) is 2.56. The third-order valence-corrected chi connectivity index (χ3v) is 9.15. The van der Waals surface area contributed by atoms with E-state index in [1.807, 2.05) is 12.1 Å². The van der Waals surface area contributed by atoms with Gasteiger partial charge in [-0.1, -0.05) is 13.8 Å². The summed E-state index contributed by atoms with van der Waals surface area (Å²) in [6.07, 6.45) is 5.44. The van der Waals surface area contributed by atoms with Crippen LogP contribution in [0.15, 0.2) is 12.1 Å². The van der Waals surface area contributed by atoms with Gasteiger partial charge in [0.15, 0.2) is 11.5 Å². The highest BCUT2D eigenvalue weighted by molar-refractivity contribution is 5.47. The average molecular weight is 543 g/mol. The number of aliphatic hydroxyl groups excluding tert-OH is 1.